The van der Waals surface area contributed by atoms with Gasteiger partial charge in [-0.05, 0) is 47.4 Å². The van der Waals surface area contributed by atoms with Gasteiger partial charge >= 0.3 is 0 Å². The van der Waals surface area contributed by atoms with Gasteiger partial charge in [-0.15, -0.1) is 0 Å². The van der Waals surface area contributed by atoms with Crippen molar-refractivity contribution < 1.29 is 19.6 Å². The number of hydrogen-bond donors (Lipinski definition) is 1. The first-order chi connectivity index (χ1) is 15.9. The second kappa shape index (κ2) is 8.14. The van der Waals surface area contributed by atoms with Gasteiger partial charge in [0.05, 0.1) is 28.8 Å². The van der Waals surface area contributed by atoms with E-state index < -0.39 is 4.92 Å². The molecule has 33 heavy (non-hydrogen) atoms. The van der Waals surface area contributed by atoms with Crippen LogP contribution in [0.2, 0.25) is 0 Å². The van der Waals surface area contributed by atoms with Gasteiger partial charge in [-0.3, -0.25) is 24.8 Å². The summed E-state index contributed by atoms with van der Waals surface area (Å²) < 4.78 is 5.95. The van der Waals surface area contributed by atoms with Gasteiger partial charge in [0, 0.05) is 36.5 Å². The Morgan fingerprint density at radius 1 is 1.18 bits per heavy atom. The van der Waals surface area contributed by atoms with Crippen molar-refractivity contribution in [3.05, 3.63) is 92.5 Å². The van der Waals surface area contributed by atoms with Crippen LogP contribution < -0.4 is 9.64 Å². The summed E-state index contributed by atoms with van der Waals surface area (Å²) in [6.45, 7) is 1.62. The summed E-state index contributed by atoms with van der Waals surface area (Å²) in [6, 6.07) is 15.7. The Morgan fingerprint density at radius 3 is 2.76 bits per heavy atom. The molecule has 8 heteroatoms. The number of benzene rings is 3. The number of anilines is 1. The third-order valence-electron chi connectivity index (χ3n) is 5.97. The van der Waals surface area contributed by atoms with Crippen LogP contribution in [0.5, 0.6) is 5.75 Å². The Morgan fingerprint density at radius 2 is 1.97 bits per heavy atom. The van der Waals surface area contributed by atoms with E-state index in [0.29, 0.717) is 28.1 Å². The predicted octanol–water partition coefficient (Wildman–Crippen LogP) is 4.26. The summed E-state index contributed by atoms with van der Waals surface area (Å²) in [7, 11) is 0. The molecular weight excluding hydrogens is 422 g/mol. The first-order valence-corrected chi connectivity index (χ1v) is 10.6. The van der Waals surface area contributed by atoms with Gasteiger partial charge in [-0.25, -0.2) is 0 Å². The zero-order chi connectivity index (χ0) is 23.1. The second-order valence-corrected chi connectivity index (χ2v) is 8.20. The van der Waals surface area contributed by atoms with E-state index in [-0.39, 0.29) is 30.9 Å². The van der Waals surface area contributed by atoms with Gasteiger partial charge in [0.2, 0.25) is 0 Å². The molecular formula is C25H21N3O5. The van der Waals surface area contributed by atoms with Crippen molar-refractivity contribution in [2.45, 2.75) is 32.6 Å². The Hall–Kier alpha value is -4.04. The van der Waals surface area contributed by atoms with E-state index in [4.69, 9.17) is 4.74 Å². The normalized spacial score (nSPS) is 16.1. The fraction of sp³-hybridized carbons (Fsp3) is 0.200. The maximum Gasteiger partial charge on any atom is 0.270 e. The molecule has 0 aliphatic carbocycles. The van der Waals surface area contributed by atoms with Crippen LogP contribution in [0.1, 0.15) is 32.6 Å². The van der Waals surface area contributed by atoms with Crippen molar-refractivity contribution >= 4 is 29.2 Å². The van der Waals surface area contributed by atoms with Crippen molar-refractivity contribution in [3.8, 4) is 5.75 Å². The first-order valence-electron chi connectivity index (χ1n) is 10.6. The average Bonchev–Trinajstić information content (AvgIpc) is 3.14. The lowest BCUT2D eigenvalue weighted by Crippen LogP contribution is -2.37. The number of carbonyl (C=O) groups excluding carboxylic acids is 1. The van der Waals surface area contributed by atoms with Crippen LogP contribution >= 0.6 is 0 Å². The molecule has 0 fully saturated rings. The molecule has 3 aromatic carbocycles. The number of para-hydroxylation sites is 1. The standard InChI is InChI=1S/C25H21N3O5/c1-15-6-21-22(26-12-20-10-18-4-2-3-5-23(18)27(20)25(21)30)11-24(15)33-14-17-7-16(13-29)8-19(9-17)28(31)32/h2-9,11-12,20,29H,10,13-14H2,1H3/t20-/m0/s1. The topological polar surface area (TPSA) is 105 Å². The number of rotatable bonds is 5. The molecule has 5 rings (SSSR count). The van der Waals surface area contributed by atoms with Crippen LogP contribution in [-0.4, -0.2) is 28.2 Å². The summed E-state index contributed by atoms with van der Waals surface area (Å²) in [4.78, 5) is 30.5. The van der Waals surface area contributed by atoms with E-state index in [2.05, 4.69) is 4.99 Å². The molecule has 0 unspecified atom stereocenters. The number of ether oxygens (including phenoxy) is 1. The number of nitro benzene ring substituents is 1. The van der Waals surface area contributed by atoms with Crippen molar-refractivity contribution in [2.75, 3.05) is 4.90 Å². The Labute approximate surface area is 189 Å². The van der Waals surface area contributed by atoms with Gasteiger partial charge in [0.15, 0.2) is 0 Å². The summed E-state index contributed by atoms with van der Waals surface area (Å²) >= 11 is 0. The maximum absolute atomic E-state index is 13.4. The minimum absolute atomic E-state index is 0.0775. The highest BCUT2D eigenvalue weighted by Crippen LogP contribution is 2.38. The van der Waals surface area contributed by atoms with Crippen LogP contribution in [0.25, 0.3) is 0 Å². The molecule has 0 saturated heterocycles. The Bertz CT molecular complexity index is 1320. The van der Waals surface area contributed by atoms with Crippen molar-refractivity contribution in [2.24, 2.45) is 4.99 Å². The Balaban J connectivity index is 1.43. The van der Waals surface area contributed by atoms with Gasteiger partial charge in [-0.1, -0.05) is 18.2 Å². The van der Waals surface area contributed by atoms with Gasteiger partial charge in [-0.2, -0.15) is 0 Å². The number of carbonyl (C=O) groups is 1. The zero-order valence-electron chi connectivity index (χ0n) is 17.9. The third-order valence-corrected chi connectivity index (χ3v) is 5.97. The molecule has 0 aromatic heterocycles. The molecule has 8 nitrogen and oxygen atoms in total. The van der Waals surface area contributed by atoms with E-state index in [1.165, 1.54) is 12.1 Å². The largest absolute Gasteiger partial charge is 0.489 e. The lowest BCUT2D eigenvalue weighted by Gasteiger charge is -2.22. The molecule has 1 N–H and O–H groups in total. The molecule has 0 radical (unpaired) electrons. The molecule has 1 amide bonds. The second-order valence-electron chi connectivity index (χ2n) is 8.20. The van der Waals surface area contributed by atoms with Gasteiger partial charge in [0.25, 0.3) is 11.6 Å². The summed E-state index contributed by atoms with van der Waals surface area (Å²) in [5, 5.41) is 20.6. The number of nitro groups is 1. The number of aliphatic imine (C=N–C) groups is 1. The number of aliphatic hydroxyl groups is 1. The lowest BCUT2D eigenvalue weighted by atomic mass is 10.1. The van der Waals surface area contributed by atoms with Crippen LogP contribution in [0, 0.1) is 17.0 Å². The number of fused-ring (bicyclic) bond motifs is 4. The zero-order valence-corrected chi connectivity index (χ0v) is 17.9. The molecule has 3 aromatic rings. The number of non-ortho nitro benzene ring substituents is 1. The van der Waals surface area contributed by atoms with Crippen molar-refractivity contribution in [3.63, 3.8) is 0 Å². The number of amides is 1. The van der Waals surface area contributed by atoms with Gasteiger partial charge < -0.3 is 9.84 Å². The van der Waals surface area contributed by atoms with Gasteiger partial charge in [0.1, 0.15) is 12.4 Å². The maximum atomic E-state index is 13.4. The lowest BCUT2D eigenvalue weighted by molar-refractivity contribution is -0.385. The number of hydrogen-bond acceptors (Lipinski definition) is 6. The van der Waals surface area contributed by atoms with E-state index in [1.807, 2.05) is 31.2 Å². The number of aliphatic hydroxyl groups excluding tert-OH is 1. The highest BCUT2D eigenvalue weighted by molar-refractivity contribution is 6.14. The van der Waals surface area contributed by atoms with E-state index >= 15 is 0 Å². The highest BCUT2D eigenvalue weighted by Gasteiger charge is 2.36. The SMILES string of the molecule is Cc1cc2c(cc1OCc1cc(CO)cc([N+](=O)[O-])c1)N=C[C@@H]1Cc3ccccc3N1C2=O. The third kappa shape index (κ3) is 3.74. The highest BCUT2D eigenvalue weighted by atomic mass is 16.6. The smallest absolute Gasteiger partial charge is 0.270 e. The molecule has 2 aliphatic heterocycles. The van der Waals surface area contributed by atoms with Crippen LogP contribution in [-0.2, 0) is 19.6 Å². The van der Waals surface area contributed by atoms with Crippen molar-refractivity contribution in [1.29, 1.82) is 0 Å². The predicted molar refractivity (Wildman–Crippen MR) is 123 cm³/mol. The molecule has 0 bridgehead atoms. The molecule has 166 valence electrons. The number of nitrogens with zero attached hydrogens (tertiary/aromatic N) is 3. The molecule has 2 aliphatic rings. The minimum atomic E-state index is -0.499. The number of aryl methyl sites for hydroxylation is 1. The molecule has 1 atom stereocenters. The monoisotopic (exact) mass is 443 g/mol. The van der Waals surface area contributed by atoms with Crippen molar-refractivity contribution in [1.82, 2.24) is 0 Å². The van der Waals surface area contributed by atoms with E-state index in [9.17, 15) is 20.0 Å². The average molecular weight is 443 g/mol. The molecule has 2 heterocycles. The molecule has 0 spiro atoms. The van der Waals surface area contributed by atoms with E-state index in [1.54, 1.807) is 29.3 Å². The minimum Gasteiger partial charge on any atom is -0.489 e. The van der Waals surface area contributed by atoms with E-state index in [0.717, 1.165) is 23.2 Å². The summed E-state index contributed by atoms with van der Waals surface area (Å²) in [5.74, 6) is 0.441. The van der Waals surface area contributed by atoms with Crippen LogP contribution in [0.4, 0.5) is 17.1 Å². The Kier molecular flexibility index (Phi) is 5.14. The first kappa shape index (κ1) is 20.8. The van der Waals surface area contributed by atoms with Crippen LogP contribution in [0.3, 0.4) is 0 Å². The van der Waals surface area contributed by atoms with Crippen LogP contribution in [0.15, 0.2) is 59.6 Å². The summed E-state index contributed by atoms with van der Waals surface area (Å²) in [6.07, 6.45) is 2.53. The fourth-order valence-corrected chi connectivity index (χ4v) is 4.38. The molecule has 0 saturated carbocycles. The summed E-state index contributed by atoms with van der Waals surface area (Å²) in [5.41, 5.74) is 4.75. The quantitative estimate of drug-likeness (QED) is 0.469. The fourth-order valence-electron chi connectivity index (χ4n) is 4.38.